The number of amides is 1. The normalized spacial score (nSPS) is 18.9. The Morgan fingerprint density at radius 1 is 1.13 bits per heavy atom. The van der Waals surface area contributed by atoms with E-state index in [-0.39, 0.29) is 5.91 Å². The number of aliphatic hydroxyl groups excluding tert-OH is 1. The van der Waals surface area contributed by atoms with Gasteiger partial charge >= 0.3 is 0 Å². The van der Waals surface area contributed by atoms with Gasteiger partial charge in [-0.3, -0.25) is 4.79 Å². The summed E-state index contributed by atoms with van der Waals surface area (Å²) in [6.07, 6.45) is 0.455. The summed E-state index contributed by atoms with van der Waals surface area (Å²) in [6, 6.07) is 19.5. The molecule has 1 amide bonds. The van der Waals surface area contributed by atoms with Crippen molar-refractivity contribution in [1.82, 2.24) is 0 Å². The van der Waals surface area contributed by atoms with E-state index in [9.17, 15) is 9.90 Å². The fourth-order valence-electron chi connectivity index (χ4n) is 3.11. The lowest BCUT2D eigenvalue weighted by molar-refractivity contribution is -0.122. The Hall–Kier alpha value is -2.39. The van der Waals surface area contributed by atoms with Crippen molar-refractivity contribution >= 4 is 11.6 Å². The molecule has 0 saturated carbocycles. The van der Waals surface area contributed by atoms with Gasteiger partial charge in [0.25, 0.3) is 0 Å². The smallest absolute Gasteiger partial charge is 0.233 e. The molecule has 23 heavy (non-hydrogen) atoms. The molecule has 118 valence electrons. The standard InChI is InChI=1S/C20H21NO2/c1-15(14-16-8-4-2-5-9-16)19(22)18-12-13-21(20(18)23)17-10-6-3-7-11-17/h2-11,18-19,22H,1,12-14H2. The molecule has 1 fully saturated rings. The minimum atomic E-state index is -0.795. The van der Waals surface area contributed by atoms with Crippen LogP contribution in [0, 0.1) is 5.92 Å². The first-order valence-electron chi connectivity index (χ1n) is 7.93. The summed E-state index contributed by atoms with van der Waals surface area (Å²) in [7, 11) is 0. The molecule has 0 aromatic heterocycles. The summed E-state index contributed by atoms with van der Waals surface area (Å²) in [5, 5.41) is 10.6. The predicted octanol–water partition coefficient (Wildman–Crippen LogP) is 3.20. The first kappa shape index (κ1) is 15.5. The molecular formula is C20H21NO2. The number of para-hydroxylation sites is 1. The van der Waals surface area contributed by atoms with Crippen molar-refractivity contribution in [3.05, 3.63) is 78.4 Å². The van der Waals surface area contributed by atoms with Crippen LogP contribution < -0.4 is 4.90 Å². The van der Waals surface area contributed by atoms with Gasteiger partial charge in [-0.25, -0.2) is 0 Å². The molecule has 0 bridgehead atoms. The topological polar surface area (TPSA) is 40.5 Å². The summed E-state index contributed by atoms with van der Waals surface area (Å²) < 4.78 is 0. The number of carbonyl (C=O) groups is 1. The Kier molecular flexibility index (Phi) is 4.58. The molecule has 2 aromatic carbocycles. The van der Waals surface area contributed by atoms with Crippen LogP contribution in [0.1, 0.15) is 12.0 Å². The van der Waals surface area contributed by atoms with Gasteiger partial charge < -0.3 is 10.0 Å². The zero-order valence-electron chi connectivity index (χ0n) is 13.1. The van der Waals surface area contributed by atoms with Crippen molar-refractivity contribution in [1.29, 1.82) is 0 Å². The van der Waals surface area contributed by atoms with E-state index >= 15 is 0 Å². The van der Waals surface area contributed by atoms with Gasteiger partial charge in [0.2, 0.25) is 5.91 Å². The number of aliphatic hydroxyl groups is 1. The monoisotopic (exact) mass is 307 g/mol. The molecular weight excluding hydrogens is 286 g/mol. The van der Waals surface area contributed by atoms with E-state index in [1.54, 1.807) is 4.90 Å². The molecule has 2 aromatic rings. The van der Waals surface area contributed by atoms with Crippen molar-refractivity contribution in [3.8, 4) is 0 Å². The second-order valence-electron chi connectivity index (χ2n) is 5.99. The molecule has 3 rings (SSSR count). The Morgan fingerprint density at radius 3 is 2.39 bits per heavy atom. The minimum absolute atomic E-state index is 0.0158. The maximum absolute atomic E-state index is 12.6. The van der Waals surface area contributed by atoms with Gasteiger partial charge in [0, 0.05) is 12.2 Å². The van der Waals surface area contributed by atoms with E-state index in [1.807, 2.05) is 60.7 Å². The van der Waals surface area contributed by atoms with Gasteiger partial charge in [-0.05, 0) is 36.1 Å². The summed E-state index contributed by atoms with van der Waals surface area (Å²) in [6.45, 7) is 4.65. The zero-order valence-corrected chi connectivity index (χ0v) is 13.1. The van der Waals surface area contributed by atoms with E-state index in [4.69, 9.17) is 0 Å². The Morgan fingerprint density at radius 2 is 1.74 bits per heavy atom. The van der Waals surface area contributed by atoms with Gasteiger partial charge in [0.1, 0.15) is 0 Å². The van der Waals surface area contributed by atoms with E-state index in [0.717, 1.165) is 11.3 Å². The Balaban J connectivity index is 1.67. The third-order valence-corrected chi connectivity index (χ3v) is 4.39. The molecule has 0 aliphatic carbocycles. The van der Waals surface area contributed by atoms with Crippen LogP contribution in [0.15, 0.2) is 72.8 Å². The van der Waals surface area contributed by atoms with E-state index in [0.29, 0.717) is 25.0 Å². The lowest BCUT2D eigenvalue weighted by atomic mass is 9.91. The largest absolute Gasteiger partial charge is 0.388 e. The highest BCUT2D eigenvalue weighted by molar-refractivity contribution is 5.97. The van der Waals surface area contributed by atoms with E-state index in [2.05, 4.69) is 6.58 Å². The van der Waals surface area contributed by atoms with Crippen LogP contribution in [0.4, 0.5) is 5.69 Å². The van der Waals surface area contributed by atoms with Crippen LogP contribution in [0.5, 0.6) is 0 Å². The minimum Gasteiger partial charge on any atom is -0.388 e. The van der Waals surface area contributed by atoms with Crippen LogP contribution in [0.2, 0.25) is 0 Å². The van der Waals surface area contributed by atoms with Gasteiger partial charge in [-0.2, -0.15) is 0 Å². The molecule has 3 heteroatoms. The second kappa shape index (κ2) is 6.80. The molecule has 0 spiro atoms. The third-order valence-electron chi connectivity index (χ3n) is 4.39. The van der Waals surface area contributed by atoms with Crippen molar-refractivity contribution in [3.63, 3.8) is 0 Å². The van der Waals surface area contributed by atoms with Crippen molar-refractivity contribution in [2.45, 2.75) is 18.9 Å². The Bertz CT molecular complexity index is 681. The number of benzene rings is 2. The van der Waals surface area contributed by atoms with Crippen molar-refractivity contribution in [2.24, 2.45) is 5.92 Å². The summed E-state index contributed by atoms with van der Waals surface area (Å²) >= 11 is 0. The van der Waals surface area contributed by atoms with Crippen molar-refractivity contribution in [2.75, 3.05) is 11.4 Å². The number of hydrogen-bond acceptors (Lipinski definition) is 2. The average Bonchev–Trinajstić information content (AvgIpc) is 2.97. The average molecular weight is 307 g/mol. The van der Waals surface area contributed by atoms with Gasteiger partial charge in [-0.15, -0.1) is 0 Å². The summed E-state index contributed by atoms with van der Waals surface area (Å²) in [4.78, 5) is 14.4. The number of carbonyl (C=O) groups excluding carboxylic acids is 1. The Labute approximate surface area is 136 Å². The van der Waals surface area contributed by atoms with Crippen LogP contribution in [0.3, 0.4) is 0 Å². The fourth-order valence-corrected chi connectivity index (χ4v) is 3.11. The quantitative estimate of drug-likeness (QED) is 0.862. The molecule has 0 radical (unpaired) electrons. The molecule has 1 saturated heterocycles. The second-order valence-corrected chi connectivity index (χ2v) is 5.99. The van der Waals surface area contributed by atoms with Crippen LogP contribution >= 0.6 is 0 Å². The van der Waals surface area contributed by atoms with Gasteiger partial charge in [0.15, 0.2) is 0 Å². The summed E-state index contributed by atoms with van der Waals surface area (Å²) in [5.74, 6) is -0.413. The fraction of sp³-hybridized carbons (Fsp3) is 0.250. The molecule has 2 unspecified atom stereocenters. The molecule has 1 aliphatic heterocycles. The SMILES string of the molecule is C=C(Cc1ccccc1)C(O)C1CCN(c2ccccc2)C1=O. The molecule has 1 N–H and O–H groups in total. The zero-order chi connectivity index (χ0) is 16.2. The molecule has 3 nitrogen and oxygen atoms in total. The maximum Gasteiger partial charge on any atom is 0.233 e. The maximum atomic E-state index is 12.6. The van der Waals surface area contributed by atoms with Crippen LogP contribution in [0.25, 0.3) is 0 Å². The number of hydrogen-bond donors (Lipinski definition) is 1. The third kappa shape index (κ3) is 3.35. The number of nitrogens with zero attached hydrogens (tertiary/aromatic N) is 1. The van der Waals surface area contributed by atoms with Crippen LogP contribution in [-0.4, -0.2) is 23.7 Å². The van der Waals surface area contributed by atoms with E-state index in [1.165, 1.54) is 0 Å². The lowest BCUT2D eigenvalue weighted by Crippen LogP contribution is -2.33. The predicted molar refractivity (Wildman–Crippen MR) is 92.2 cm³/mol. The van der Waals surface area contributed by atoms with E-state index < -0.39 is 12.0 Å². The number of anilines is 1. The summed E-state index contributed by atoms with van der Waals surface area (Å²) in [5.41, 5.74) is 2.69. The van der Waals surface area contributed by atoms with Crippen LogP contribution in [-0.2, 0) is 11.2 Å². The van der Waals surface area contributed by atoms with Gasteiger partial charge in [0.05, 0.1) is 12.0 Å². The molecule has 2 atom stereocenters. The number of rotatable bonds is 5. The van der Waals surface area contributed by atoms with Gasteiger partial charge in [-0.1, -0.05) is 55.1 Å². The first-order chi connectivity index (χ1) is 11.2. The van der Waals surface area contributed by atoms with Crippen molar-refractivity contribution < 1.29 is 9.90 Å². The molecule has 1 aliphatic rings. The highest BCUT2D eigenvalue weighted by Crippen LogP contribution is 2.29. The lowest BCUT2D eigenvalue weighted by Gasteiger charge is -2.21. The first-order valence-corrected chi connectivity index (χ1v) is 7.93. The highest BCUT2D eigenvalue weighted by Gasteiger charge is 2.38. The molecule has 1 heterocycles. The highest BCUT2D eigenvalue weighted by atomic mass is 16.3.